The first-order valence-corrected chi connectivity index (χ1v) is 8.46. The van der Waals surface area contributed by atoms with Crippen LogP contribution in [0, 0.1) is 6.92 Å². The maximum absolute atomic E-state index is 5.88. The van der Waals surface area contributed by atoms with Crippen LogP contribution in [-0.4, -0.2) is 24.2 Å². The highest BCUT2D eigenvalue weighted by Gasteiger charge is 2.12. The van der Waals surface area contributed by atoms with Gasteiger partial charge in [-0.25, -0.2) is 4.98 Å². The maximum atomic E-state index is 5.88. The molecule has 1 unspecified atom stereocenters. The van der Waals surface area contributed by atoms with E-state index in [1.807, 2.05) is 31.2 Å². The first-order valence-electron chi connectivity index (χ1n) is 7.20. The molecule has 0 fully saturated rings. The molecule has 2 aromatic rings. The molecule has 1 atom stereocenters. The number of hydrogen-bond acceptors (Lipinski definition) is 4. The first-order chi connectivity index (χ1) is 10.2. The predicted molar refractivity (Wildman–Crippen MR) is 89.6 cm³/mol. The molecule has 0 aliphatic heterocycles. The van der Waals surface area contributed by atoms with Gasteiger partial charge < -0.3 is 10.1 Å². The van der Waals surface area contributed by atoms with Crippen molar-refractivity contribution in [3.63, 3.8) is 0 Å². The lowest BCUT2D eigenvalue weighted by atomic mass is 10.2. The Bertz CT molecular complexity index is 541. The lowest BCUT2D eigenvalue weighted by Gasteiger charge is -2.18. The van der Waals surface area contributed by atoms with Gasteiger partial charge in [-0.15, -0.1) is 11.3 Å². The van der Waals surface area contributed by atoms with E-state index in [0.29, 0.717) is 6.61 Å². The minimum atomic E-state index is 0.266. The molecule has 0 saturated carbocycles. The SMILES string of the molecule is CCCNC(COc1ccc(Cl)cc1)Cc1csc(C)n1. The number of benzene rings is 1. The Morgan fingerprint density at radius 3 is 2.71 bits per heavy atom. The third kappa shape index (κ3) is 5.65. The molecule has 114 valence electrons. The lowest BCUT2D eigenvalue weighted by molar-refractivity contribution is 0.262. The average Bonchev–Trinajstić information content (AvgIpc) is 2.89. The number of ether oxygens (including phenoxy) is 1. The van der Waals surface area contributed by atoms with Crippen molar-refractivity contribution in [2.45, 2.75) is 32.7 Å². The van der Waals surface area contributed by atoms with Crippen molar-refractivity contribution < 1.29 is 4.74 Å². The molecule has 2 rings (SSSR count). The van der Waals surface area contributed by atoms with Crippen LogP contribution in [0.2, 0.25) is 5.02 Å². The van der Waals surface area contributed by atoms with Crippen molar-refractivity contribution in [1.29, 1.82) is 0 Å². The Labute approximate surface area is 135 Å². The summed E-state index contributed by atoms with van der Waals surface area (Å²) in [4.78, 5) is 4.53. The van der Waals surface area contributed by atoms with E-state index in [1.54, 1.807) is 11.3 Å². The summed E-state index contributed by atoms with van der Waals surface area (Å²) >= 11 is 7.57. The van der Waals surface area contributed by atoms with Gasteiger partial charge >= 0.3 is 0 Å². The normalized spacial score (nSPS) is 12.3. The summed E-state index contributed by atoms with van der Waals surface area (Å²) in [5.41, 5.74) is 1.13. The van der Waals surface area contributed by atoms with Gasteiger partial charge in [-0.2, -0.15) is 0 Å². The summed E-state index contributed by atoms with van der Waals surface area (Å²) in [6.45, 7) is 5.81. The standard InChI is InChI=1S/C16H21ClN2OS/c1-3-8-18-14(9-15-11-21-12(2)19-15)10-20-16-6-4-13(17)5-7-16/h4-7,11,14,18H,3,8-10H2,1-2H3. The molecule has 0 aliphatic rings. The van der Waals surface area contributed by atoms with Gasteiger partial charge in [0, 0.05) is 22.9 Å². The highest BCUT2D eigenvalue weighted by molar-refractivity contribution is 7.09. The van der Waals surface area contributed by atoms with Crippen molar-refractivity contribution >= 4 is 22.9 Å². The summed E-state index contributed by atoms with van der Waals surface area (Å²) in [6.07, 6.45) is 1.99. The molecular formula is C16H21ClN2OS. The van der Waals surface area contributed by atoms with E-state index >= 15 is 0 Å². The molecule has 0 radical (unpaired) electrons. The fourth-order valence-corrected chi connectivity index (χ4v) is 2.77. The number of aromatic nitrogens is 1. The van der Waals surface area contributed by atoms with Gasteiger partial charge in [0.25, 0.3) is 0 Å². The van der Waals surface area contributed by atoms with Gasteiger partial charge in [0.2, 0.25) is 0 Å². The molecule has 0 bridgehead atoms. The zero-order valence-corrected chi connectivity index (χ0v) is 14.0. The van der Waals surface area contributed by atoms with Gasteiger partial charge in [-0.05, 0) is 44.2 Å². The third-order valence-corrected chi connectivity index (χ3v) is 4.14. The predicted octanol–water partition coefficient (Wildman–Crippen LogP) is 4.09. The Balaban J connectivity index is 1.90. The zero-order chi connectivity index (χ0) is 15.1. The maximum Gasteiger partial charge on any atom is 0.119 e. The number of nitrogens with one attached hydrogen (secondary N) is 1. The lowest BCUT2D eigenvalue weighted by Crippen LogP contribution is -2.37. The summed E-state index contributed by atoms with van der Waals surface area (Å²) in [5, 5.41) is 7.48. The van der Waals surface area contributed by atoms with Crippen LogP contribution in [0.5, 0.6) is 5.75 Å². The van der Waals surface area contributed by atoms with Crippen molar-refractivity contribution in [3.8, 4) is 5.75 Å². The molecule has 21 heavy (non-hydrogen) atoms. The molecule has 1 aromatic heterocycles. The number of thiazole rings is 1. The second-order valence-corrected chi connectivity index (χ2v) is 6.48. The molecular weight excluding hydrogens is 304 g/mol. The second kappa shape index (κ2) is 8.37. The van der Waals surface area contributed by atoms with E-state index in [9.17, 15) is 0 Å². The fraction of sp³-hybridized carbons (Fsp3) is 0.438. The first kappa shape index (κ1) is 16.3. The number of rotatable bonds is 8. The Morgan fingerprint density at radius 1 is 1.33 bits per heavy atom. The van der Waals surface area contributed by atoms with E-state index in [4.69, 9.17) is 16.3 Å². The fourth-order valence-electron chi connectivity index (χ4n) is 2.02. The zero-order valence-electron chi connectivity index (χ0n) is 12.4. The molecule has 0 aliphatic carbocycles. The number of halogens is 1. The summed E-state index contributed by atoms with van der Waals surface area (Å²) in [6, 6.07) is 7.74. The molecule has 0 amide bonds. The highest BCUT2D eigenvalue weighted by atomic mass is 35.5. The van der Waals surface area contributed by atoms with Gasteiger partial charge in [0.1, 0.15) is 12.4 Å². The molecule has 3 nitrogen and oxygen atoms in total. The van der Waals surface area contributed by atoms with Crippen LogP contribution in [0.25, 0.3) is 0 Å². The molecule has 0 spiro atoms. The topological polar surface area (TPSA) is 34.1 Å². The van der Waals surface area contributed by atoms with Crippen LogP contribution >= 0.6 is 22.9 Å². The van der Waals surface area contributed by atoms with Crippen LogP contribution in [-0.2, 0) is 6.42 Å². The van der Waals surface area contributed by atoms with Crippen LogP contribution < -0.4 is 10.1 Å². The Morgan fingerprint density at radius 2 is 2.10 bits per heavy atom. The van der Waals surface area contributed by atoms with Crippen molar-refractivity contribution in [2.75, 3.05) is 13.2 Å². The molecule has 0 saturated heterocycles. The van der Waals surface area contributed by atoms with Crippen LogP contribution in [0.15, 0.2) is 29.6 Å². The van der Waals surface area contributed by atoms with Crippen LogP contribution in [0.4, 0.5) is 0 Å². The number of nitrogens with zero attached hydrogens (tertiary/aromatic N) is 1. The van der Waals surface area contributed by atoms with Gasteiger partial charge in [-0.3, -0.25) is 0 Å². The average molecular weight is 325 g/mol. The summed E-state index contributed by atoms with van der Waals surface area (Å²) < 4.78 is 5.85. The van der Waals surface area contributed by atoms with Crippen molar-refractivity contribution in [1.82, 2.24) is 10.3 Å². The Hall–Kier alpha value is -1.10. The summed E-state index contributed by atoms with van der Waals surface area (Å²) in [7, 11) is 0. The Kier molecular flexibility index (Phi) is 6.49. The molecule has 1 aromatic carbocycles. The summed E-state index contributed by atoms with van der Waals surface area (Å²) in [5.74, 6) is 0.845. The number of hydrogen-bond donors (Lipinski definition) is 1. The number of aryl methyl sites for hydroxylation is 1. The van der Waals surface area contributed by atoms with E-state index < -0.39 is 0 Å². The highest BCUT2D eigenvalue weighted by Crippen LogP contribution is 2.16. The molecule has 5 heteroatoms. The minimum Gasteiger partial charge on any atom is -0.492 e. The minimum absolute atomic E-state index is 0.266. The van der Waals surface area contributed by atoms with E-state index in [-0.39, 0.29) is 6.04 Å². The second-order valence-electron chi connectivity index (χ2n) is 4.98. The monoisotopic (exact) mass is 324 g/mol. The van der Waals surface area contributed by atoms with Crippen molar-refractivity contribution in [3.05, 3.63) is 45.4 Å². The third-order valence-electron chi connectivity index (χ3n) is 3.07. The van der Waals surface area contributed by atoms with Gasteiger partial charge in [-0.1, -0.05) is 18.5 Å². The van der Waals surface area contributed by atoms with Crippen LogP contribution in [0.1, 0.15) is 24.0 Å². The quantitative estimate of drug-likeness (QED) is 0.794. The van der Waals surface area contributed by atoms with E-state index in [2.05, 4.69) is 22.6 Å². The van der Waals surface area contributed by atoms with Crippen LogP contribution in [0.3, 0.4) is 0 Å². The van der Waals surface area contributed by atoms with Crippen molar-refractivity contribution in [2.24, 2.45) is 0 Å². The van der Waals surface area contributed by atoms with Gasteiger partial charge in [0.15, 0.2) is 0 Å². The molecule has 1 N–H and O–H groups in total. The molecule has 1 heterocycles. The largest absolute Gasteiger partial charge is 0.492 e. The van der Waals surface area contributed by atoms with Gasteiger partial charge in [0.05, 0.1) is 10.7 Å². The van der Waals surface area contributed by atoms with E-state index in [0.717, 1.165) is 40.9 Å². The van der Waals surface area contributed by atoms with E-state index in [1.165, 1.54) is 0 Å². The smallest absolute Gasteiger partial charge is 0.119 e.